The summed E-state index contributed by atoms with van der Waals surface area (Å²) in [6, 6.07) is 8.67. The molecule has 0 spiro atoms. The topological polar surface area (TPSA) is 71.7 Å². The summed E-state index contributed by atoms with van der Waals surface area (Å²) in [6.07, 6.45) is 6.89. The molecule has 1 amide bonds. The minimum absolute atomic E-state index is 0.171. The highest BCUT2D eigenvalue weighted by Crippen LogP contribution is 2.42. The lowest BCUT2D eigenvalue weighted by Gasteiger charge is -2.05. The number of nitrogens with zero attached hydrogens (tertiary/aromatic N) is 1. The maximum absolute atomic E-state index is 12.3. The number of carbonyl (C=O) groups excluding carboxylic acids is 1. The van der Waals surface area contributed by atoms with E-state index in [2.05, 4.69) is 9.68 Å². The van der Waals surface area contributed by atoms with Crippen molar-refractivity contribution in [1.29, 1.82) is 0 Å². The lowest BCUT2D eigenvalue weighted by atomic mass is 10.1. The van der Waals surface area contributed by atoms with E-state index < -0.39 is 9.73 Å². The molecule has 116 valence electrons. The Labute approximate surface area is 129 Å². The monoisotopic (exact) mass is 318 g/mol. The minimum Gasteiger partial charge on any atom is -0.468 e. The first-order valence-corrected chi connectivity index (χ1v) is 9.41. The first kappa shape index (κ1) is 14.8. The minimum atomic E-state index is -2.18. The largest absolute Gasteiger partial charge is 0.468 e. The van der Waals surface area contributed by atoms with E-state index in [4.69, 9.17) is 4.42 Å². The van der Waals surface area contributed by atoms with Gasteiger partial charge in [0.25, 0.3) is 5.91 Å². The molecule has 2 aromatic rings. The highest BCUT2D eigenvalue weighted by Gasteiger charge is 2.31. The third kappa shape index (κ3) is 3.57. The molecule has 1 aromatic carbocycles. The van der Waals surface area contributed by atoms with Crippen molar-refractivity contribution < 1.29 is 13.4 Å². The molecule has 0 unspecified atom stereocenters. The van der Waals surface area contributed by atoms with E-state index in [-0.39, 0.29) is 5.91 Å². The Bertz CT molecular complexity index is 802. The molecule has 0 atom stereocenters. The lowest BCUT2D eigenvalue weighted by Crippen LogP contribution is -2.12. The maximum Gasteiger partial charge on any atom is 0.259 e. The summed E-state index contributed by atoms with van der Waals surface area (Å²) in [5.41, 5.74) is 1.90. The highest BCUT2D eigenvalue weighted by molar-refractivity contribution is 7.92. The SMILES string of the molecule is CS(C)(=O)=Nc1ccc(NC(=O)c2ccoc2C2CC2)cc1. The van der Waals surface area contributed by atoms with Crippen LogP contribution in [0.2, 0.25) is 0 Å². The standard InChI is InChI=1S/C16H18N2O3S/c1-22(2,20)18-13-7-5-12(6-8-13)17-16(19)14-9-10-21-15(14)11-3-4-11/h5-11H,3-4H2,1-2H3,(H,17,19). The van der Waals surface area contributed by atoms with E-state index in [0.717, 1.165) is 18.6 Å². The van der Waals surface area contributed by atoms with Crippen LogP contribution in [0, 0.1) is 0 Å². The van der Waals surface area contributed by atoms with Crippen LogP contribution in [0.5, 0.6) is 0 Å². The Morgan fingerprint density at radius 2 is 1.91 bits per heavy atom. The first-order chi connectivity index (χ1) is 10.4. The lowest BCUT2D eigenvalue weighted by molar-refractivity contribution is 0.102. The Balaban J connectivity index is 1.74. The second kappa shape index (κ2) is 5.61. The second-order valence-electron chi connectivity index (χ2n) is 5.75. The normalized spacial score (nSPS) is 14.6. The Hall–Kier alpha value is -2.08. The summed E-state index contributed by atoms with van der Waals surface area (Å²) >= 11 is 0. The molecule has 0 radical (unpaired) electrons. The number of rotatable bonds is 4. The fraction of sp³-hybridized carbons (Fsp3) is 0.312. The molecule has 1 N–H and O–H groups in total. The van der Waals surface area contributed by atoms with Crippen LogP contribution >= 0.6 is 0 Å². The number of hydrogen-bond acceptors (Lipinski definition) is 4. The van der Waals surface area contributed by atoms with Gasteiger partial charge in [-0.05, 0) is 43.2 Å². The summed E-state index contributed by atoms with van der Waals surface area (Å²) in [4.78, 5) is 12.3. The van der Waals surface area contributed by atoms with Gasteiger partial charge in [-0.2, -0.15) is 4.36 Å². The average molecular weight is 318 g/mol. The van der Waals surface area contributed by atoms with Crippen LogP contribution in [0.15, 0.2) is 45.4 Å². The van der Waals surface area contributed by atoms with Gasteiger partial charge < -0.3 is 9.73 Å². The molecule has 1 heterocycles. The first-order valence-electron chi connectivity index (χ1n) is 7.08. The van der Waals surface area contributed by atoms with Crippen LogP contribution in [0.4, 0.5) is 11.4 Å². The van der Waals surface area contributed by atoms with Crippen molar-refractivity contribution in [3.63, 3.8) is 0 Å². The van der Waals surface area contributed by atoms with Crippen LogP contribution in [0.3, 0.4) is 0 Å². The van der Waals surface area contributed by atoms with E-state index in [1.807, 2.05) is 0 Å². The predicted octanol–water partition coefficient (Wildman–Crippen LogP) is 3.77. The molecule has 5 nitrogen and oxygen atoms in total. The van der Waals surface area contributed by atoms with Crippen molar-refractivity contribution in [3.8, 4) is 0 Å². The molecule has 22 heavy (non-hydrogen) atoms. The van der Waals surface area contributed by atoms with Crippen LogP contribution in [-0.2, 0) is 9.73 Å². The highest BCUT2D eigenvalue weighted by atomic mass is 32.2. The maximum atomic E-state index is 12.3. The Morgan fingerprint density at radius 1 is 1.23 bits per heavy atom. The second-order valence-corrected chi connectivity index (χ2v) is 8.29. The van der Waals surface area contributed by atoms with E-state index in [0.29, 0.717) is 22.9 Å². The summed E-state index contributed by atoms with van der Waals surface area (Å²) < 4.78 is 21.2. The van der Waals surface area contributed by atoms with Gasteiger partial charge in [0.15, 0.2) is 0 Å². The van der Waals surface area contributed by atoms with E-state index >= 15 is 0 Å². The van der Waals surface area contributed by atoms with Crippen LogP contribution in [0.25, 0.3) is 0 Å². The Kier molecular flexibility index (Phi) is 3.78. The molecule has 6 heteroatoms. The van der Waals surface area contributed by atoms with Crippen LogP contribution < -0.4 is 5.32 Å². The third-order valence-electron chi connectivity index (χ3n) is 3.34. The number of nitrogens with one attached hydrogen (secondary N) is 1. The molecular formula is C16H18N2O3S. The number of anilines is 1. The summed E-state index contributed by atoms with van der Waals surface area (Å²) in [6.45, 7) is 0. The third-order valence-corrected chi connectivity index (χ3v) is 3.99. The van der Waals surface area contributed by atoms with Gasteiger partial charge in [-0.1, -0.05) is 0 Å². The molecule has 0 aliphatic heterocycles. The smallest absolute Gasteiger partial charge is 0.259 e. The van der Waals surface area contributed by atoms with Gasteiger partial charge in [0.1, 0.15) is 5.76 Å². The van der Waals surface area contributed by atoms with Crippen molar-refractivity contribution in [1.82, 2.24) is 0 Å². The van der Waals surface area contributed by atoms with Gasteiger partial charge in [0, 0.05) is 33.8 Å². The zero-order valence-corrected chi connectivity index (χ0v) is 13.4. The summed E-state index contributed by atoms with van der Waals surface area (Å²) in [5, 5.41) is 2.85. The molecule has 1 aliphatic carbocycles. The van der Waals surface area contributed by atoms with Gasteiger partial charge in [-0.3, -0.25) is 4.79 Å². The number of furan rings is 1. The fourth-order valence-electron chi connectivity index (χ4n) is 2.23. The predicted molar refractivity (Wildman–Crippen MR) is 87.2 cm³/mol. The van der Waals surface area contributed by atoms with Crippen molar-refractivity contribution in [2.75, 3.05) is 17.8 Å². The number of hydrogen-bond donors (Lipinski definition) is 1. The van der Waals surface area contributed by atoms with Gasteiger partial charge in [0.2, 0.25) is 0 Å². The fourth-order valence-corrected chi connectivity index (χ4v) is 2.86. The summed E-state index contributed by atoms with van der Waals surface area (Å²) in [5.74, 6) is 0.995. The van der Waals surface area contributed by atoms with E-state index in [9.17, 15) is 9.00 Å². The van der Waals surface area contributed by atoms with Gasteiger partial charge in [0.05, 0.1) is 17.5 Å². The number of benzene rings is 1. The van der Waals surface area contributed by atoms with Crippen molar-refractivity contribution in [2.24, 2.45) is 4.36 Å². The molecule has 1 aliphatic rings. The van der Waals surface area contributed by atoms with Crippen molar-refractivity contribution in [2.45, 2.75) is 18.8 Å². The molecule has 3 rings (SSSR count). The van der Waals surface area contributed by atoms with Gasteiger partial charge in [-0.15, -0.1) is 0 Å². The molecule has 0 saturated heterocycles. The van der Waals surface area contributed by atoms with Crippen molar-refractivity contribution >= 4 is 27.0 Å². The zero-order chi connectivity index (χ0) is 15.7. The molecule has 0 bridgehead atoms. The molecule has 1 fully saturated rings. The Morgan fingerprint density at radius 3 is 2.50 bits per heavy atom. The molecular weight excluding hydrogens is 300 g/mol. The van der Waals surface area contributed by atoms with Gasteiger partial charge >= 0.3 is 0 Å². The summed E-state index contributed by atoms with van der Waals surface area (Å²) in [7, 11) is -2.18. The van der Waals surface area contributed by atoms with Crippen LogP contribution in [0.1, 0.15) is 34.9 Å². The van der Waals surface area contributed by atoms with E-state index in [1.165, 1.54) is 0 Å². The van der Waals surface area contributed by atoms with Crippen LogP contribution in [-0.4, -0.2) is 22.6 Å². The zero-order valence-electron chi connectivity index (χ0n) is 12.5. The number of carbonyl (C=O) groups is 1. The quantitative estimate of drug-likeness (QED) is 0.932. The van der Waals surface area contributed by atoms with Crippen molar-refractivity contribution in [3.05, 3.63) is 47.9 Å². The molecule has 1 saturated carbocycles. The average Bonchev–Trinajstić information content (AvgIpc) is 3.16. The molecule has 1 aromatic heterocycles. The van der Waals surface area contributed by atoms with E-state index in [1.54, 1.807) is 49.1 Å². The van der Waals surface area contributed by atoms with Gasteiger partial charge in [-0.25, -0.2) is 4.21 Å². The number of amides is 1.